The third-order valence-corrected chi connectivity index (χ3v) is 4.90. The molecule has 0 unspecified atom stereocenters. The van der Waals surface area contributed by atoms with Crippen molar-refractivity contribution < 1.29 is 4.79 Å². The predicted octanol–water partition coefficient (Wildman–Crippen LogP) is 4.48. The second-order valence-electron chi connectivity index (χ2n) is 7.03. The molecule has 1 aromatic carbocycles. The lowest BCUT2D eigenvalue weighted by Gasteiger charge is -2.46. The van der Waals surface area contributed by atoms with Crippen molar-refractivity contribution in [2.45, 2.75) is 58.8 Å². The molecule has 0 fully saturated rings. The fourth-order valence-electron chi connectivity index (χ4n) is 3.28. The molecule has 0 heterocycles. The molecule has 0 saturated carbocycles. The summed E-state index contributed by atoms with van der Waals surface area (Å²) in [5, 5.41) is 0. The summed E-state index contributed by atoms with van der Waals surface area (Å²) in [4.78, 5) is 11.6. The van der Waals surface area contributed by atoms with E-state index in [9.17, 15) is 4.79 Å². The molecule has 0 saturated heterocycles. The van der Waals surface area contributed by atoms with Gasteiger partial charge >= 0.3 is 0 Å². The van der Waals surface area contributed by atoms with Gasteiger partial charge in [0.2, 0.25) is 0 Å². The first-order chi connectivity index (χ1) is 8.16. The molecule has 1 heteroatoms. The van der Waals surface area contributed by atoms with Crippen LogP contribution in [0.1, 0.15) is 69.4 Å². The summed E-state index contributed by atoms with van der Waals surface area (Å²) in [6.45, 7) is 13.2. The number of fused-ring (bicyclic) bond motifs is 1. The Kier molecular flexibility index (Phi) is 2.92. The van der Waals surface area contributed by atoms with Gasteiger partial charge in [-0.3, -0.25) is 4.79 Å². The van der Waals surface area contributed by atoms with Crippen molar-refractivity contribution in [3.8, 4) is 0 Å². The minimum Gasteiger partial charge on any atom is -0.295 e. The van der Waals surface area contributed by atoms with Gasteiger partial charge in [-0.2, -0.15) is 0 Å². The Balaban J connectivity index is 2.68. The molecular formula is C17H24O. The van der Waals surface area contributed by atoms with E-state index in [1.165, 1.54) is 17.5 Å². The van der Waals surface area contributed by atoms with Gasteiger partial charge in [-0.05, 0) is 47.3 Å². The van der Waals surface area contributed by atoms with Gasteiger partial charge < -0.3 is 0 Å². The summed E-state index contributed by atoms with van der Waals surface area (Å²) < 4.78 is 0. The van der Waals surface area contributed by atoms with Crippen LogP contribution in [0.15, 0.2) is 18.2 Å². The largest absolute Gasteiger partial charge is 0.295 e. The molecule has 18 heavy (non-hydrogen) atoms. The fourth-order valence-corrected chi connectivity index (χ4v) is 3.28. The van der Waals surface area contributed by atoms with Crippen LogP contribution < -0.4 is 0 Å². The monoisotopic (exact) mass is 244 g/mol. The smallest absolute Gasteiger partial charge is 0.159 e. The van der Waals surface area contributed by atoms with Gasteiger partial charge in [0.15, 0.2) is 5.78 Å². The van der Waals surface area contributed by atoms with Crippen molar-refractivity contribution in [3.05, 3.63) is 34.9 Å². The molecule has 0 aliphatic heterocycles. The molecule has 1 atom stereocenters. The number of hydrogen-bond acceptors (Lipinski definition) is 1. The van der Waals surface area contributed by atoms with Crippen molar-refractivity contribution in [3.63, 3.8) is 0 Å². The van der Waals surface area contributed by atoms with E-state index in [2.05, 4.69) is 46.8 Å². The van der Waals surface area contributed by atoms with Gasteiger partial charge in [0.25, 0.3) is 0 Å². The average Bonchev–Trinajstić information content (AvgIpc) is 2.26. The SMILES string of the molecule is CC(=O)c1ccc2c(c1)C(C)(C)[C@@H](C)CC2(C)C. The number of carbonyl (C=O) groups excluding carboxylic acids is 1. The van der Waals surface area contributed by atoms with Crippen LogP contribution in [0.2, 0.25) is 0 Å². The summed E-state index contributed by atoms with van der Waals surface area (Å²) in [7, 11) is 0. The van der Waals surface area contributed by atoms with Crippen LogP contribution in [-0.4, -0.2) is 5.78 Å². The summed E-state index contributed by atoms with van der Waals surface area (Å²) >= 11 is 0. The summed E-state index contributed by atoms with van der Waals surface area (Å²) in [6, 6.07) is 6.27. The Labute approximate surface area is 111 Å². The van der Waals surface area contributed by atoms with E-state index in [1.54, 1.807) is 6.92 Å². The summed E-state index contributed by atoms with van der Waals surface area (Å²) in [5.74, 6) is 0.784. The van der Waals surface area contributed by atoms with Gasteiger partial charge in [0.1, 0.15) is 0 Å². The van der Waals surface area contributed by atoms with E-state index >= 15 is 0 Å². The number of benzene rings is 1. The molecule has 0 aromatic heterocycles. The predicted molar refractivity (Wildman–Crippen MR) is 76.3 cm³/mol. The molecule has 0 spiro atoms. The molecule has 0 bridgehead atoms. The zero-order valence-electron chi connectivity index (χ0n) is 12.4. The standard InChI is InChI=1S/C17H24O/c1-11-10-16(3,4)14-8-7-13(12(2)18)9-15(14)17(11,5)6/h7-9,11H,10H2,1-6H3/t11-/m0/s1. The van der Waals surface area contributed by atoms with E-state index in [0.717, 1.165) is 5.56 Å². The Morgan fingerprint density at radius 2 is 1.78 bits per heavy atom. The van der Waals surface area contributed by atoms with E-state index < -0.39 is 0 Å². The van der Waals surface area contributed by atoms with Crippen LogP contribution in [0.4, 0.5) is 0 Å². The third-order valence-electron chi connectivity index (χ3n) is 4.90. The Hall–Kier alpha value is -1.11. The van der Waals surface area contributed by atoms with Crippen LogP contribution in [0.3, 0.4) is 0 Å². The highest BCUT2D eigenvalue weighted by Gasteiger charge is 2.41. The van der Waals surface area contributed by atoms with Crippen LogP contribution in [0.25, 0.3) is 0 Å². The lowest BCUT2D eigenvalue weighted by atomic mass is 9.58. The molecule has 1 nitrogen and oxygen atoms in total. The third kappa shape index (κ3) is 1.90. The van der Waals surface area contributed by atoms with Crippen molar-refractivity contribution >= 4 is 5.78 Å². The second kappa shape index (κ2) is 3.94. The lowest BCUT2D eigenvalue weighted by molar-refractivity contribution is 0.101. The number of Topliss-reactive ketones (excluding diaryl/α,β-unsaturated/α-hetero) is 1. The average molecular weight is 244 g/mol. The molecule has 0 amide bonds. The molecule has 0 radical (unpaired) electrons. The first-order valence-corrected chi connectivity index (χ1v) is 6.82. The highest BCUT2D eigenvalue weighted by Crippen LogP contribution is 2.49. The topological polar surface area (TPSA) is 17.1 Å². The molecule has 98 valence electrons. The highest BCUT2D eigenvalue weighted by atomic mass is 16.1. The molecule has 2 rings (SSSR count). The van der Waals surface area contributed by atoms with Gasteiger partial charge in [0, 0.05) is 5.56 Å². The van der Waals surface area contributed by atoms with Gasteiger partial charge in [0.05, 0.1) is 0 Å². The van der Waals surface area contributed by atoms with Crippen LogP contribution in [-0.2, 0) is 10.8 Å². The number of ketones is 1. The molecule has 1 aromatic rings. The van der Waals surface area contributed by atoms with Crippen molar-refractivity contribution in [1.29, 1.82) is 0 Å². The minimum absolute atomic E-state index is 0.149. The Bertz CT molecular complexity index is 494. The molecule has 1 aliphatic rings. The van der Waals surface area contributed by atoms with E-state index in [4.69, 9.17) is 0 Å². The summed E-state index contributed by atoms with van der Waals surface area (Å²) in [6.07, 6.45) is 1.20. The highest BCUT2D eigenvalue weighted by molar-refractivity contribution is 5.94. The fraction of sp³-hybridized carbons (Fsp3) is 0.588. The quantitative estimate of drug-likeness (QED) is 0.665. The first kappa shape index (κ1) is 13.3. The summed E-state index contributed by atoms with van der Waals surface area (Å²) in [5.41, 5.74) is 3.97. The lowest BCUT2D eigenvalue weighted by Crippen LogP contribution is -2.40. The van der Waals surface area contributed by atoms with Crippen molar-refractivity contribution in [1.82, 2.24) is 0 Å². The second-order valence-corrected chi connectivity index (χ2v) is 7.03. The van der Waals surface area contributed by atoms with Crippen LogP contribution in [0, 0.1) is 5.92 Å². The van der Waals surface area contributed by atoms with Crippen molar-refractivity contribution in [2.75, 3.05) is 0 Å². The van der Waals surface area contributed by atoms with Crippen LogP contribution in [0.5, 0.6) is 0 Å². The molecule has 1 aliphatic carbocycles. The van der Waals surface area contributed by atoms with Gasteiger partial charge in [-0.25, -0.2) is 0 Å². The zero-order chi connectivity index (χ0) is 13.7. The number of carbonyl (C=O) groups is 1. The molecule has 0 N–H and O–H groups in total. The van der Waals surface area contributed by atoms with Crippen LogP contribution >= 0.6 is 0 Å². The van der Waals surface area contributed by atoms with Gasteiger partial charge in [-0.15, -0.1) is 0 Å². The van der Waals surface area contributed by atoms with E-state index in [0.29, 0.717) is 5.92 Å². The number of rotatable bonds is 1. The number of hydrogen-bond donors (Lipinski definition) is 0. The normalized spacial score (nSPS) is 24.4. The maximum Gasteiger partial charge on any atom is 0.159 e. The maximum absolute atomic E-state index is 11.6. The van der Waals surface area contributed by atoms with Crippen molar-refractivity contribution in [2.24, 2.45) is 5.92 Å². The Morgan fingerprint density at radius 3 is 2.33 bits per heavy atom. The minimum atomic E-state index is 0.149. The maximum atomic E-state index is 11.6. The van der Waals surface area contributed by atoms with E-state index in [1.807, 2.05) is 6.07 Å². The Morgan fingerprint density at radius 1 is 1.17 bits per heavy atom. The first-order valence-electron chi connectivity index (χ1n) is 6.82. The van der Waals surface area contributed by atoms with Gasteiger partial charge in [-0.1, -0.05) is 46.8 Å². The van der Waals surface area contributed by atoms with E-state index in [-0.39, 0.29) is 16.6 Å². The zero-order valence-corrected chi connectivity index (χ0v) is 12.4. The molecular weight excluding hydrogens is 220 g/mol.